The zero-order chi connectivity index (χ0) is 11.4. The smallest absolute Gasteiger partial charge is 0.258 e. The van der Waals surface area contributed by atoms with Gasteiger partial charge in [0.15, 0.2) is 0 Å². The number of aromatic nitrogens is 2. The van der Waals surface area contributed by atoms with E-state index in [9.17, 15) is 4.79 Å². The van der Waals surface area contributed by atoms with E-state index in [0.29, 0.717) is 11.5 Å². The highest BCUT2D eigenvalue weighted by Gasteiger charge is 2.06. The number of nitrogens with one attached hydrogen (secondary N) is 1. The number of benzene rings is 1. The second-order valence-corrected chi connectivity index (χ2v) is 4.28. The van der Waals surface area contributed by atoms with Crippen molar-refractivity contribution in [2.24, 2.45) is 0 Å². The van der Waals surface area contributed by atoms with Crippen molar-refractivity contribution in [3.63, 3.8) is 0 Å². The molecule has 2 rings (SSSR count). The molecule has 1 aromatic carbocycles. The van der Waals surface area contributed by atoms with Gasteiger partial charge >= 0.3 is 0 Å². The van der Waals surface area contributed by atoms with E-state index in [1.54, 1.807) is 30.6 Å². The van der Waals surface area contributed by atoms with Gasteiger partial charge < -0.3 is 0 Å². The zero-order valence-corrected chi connectivity index (χ0v) is 10.4. The van der Waals surface area contributed by atoms with Crippen molar-refractivity contribution in [2.75, 3.05) is 5.32 Å². The Hall–Kier alpha value is -1.50. The number of hydrogen-bond donors (Lipinski definition) is 1. The summed E-state index contributed by atoms with van der Waals surface area (Å²) < 4.78 is 1.09. The van der Waals surface area contributed by atoms with Crippen LogP contribution in [0.5, 0.6) is 0 Å². The van der Waals surface area contributed by atoms with Gasteiger partial charge in [0.25, 0.3) is 5.91 Å². The van der Waals surface area contributed by atoms with Crippen LogP contribution in [-0.2, 0) is 0 Å². The minimum absolute atomic E-state index is 0.206. The molecule has 0 radical (unpaired) electrons. The highest BCUT2D eigenvalue weighted by Crippen LogP contribution is 2.08. The number of hydrogen-bond acceptors (Lipinski definition) is 3. The zero-order valence-electron chi connectivity index (χ0n) is 8.22. The molecule has 1 heterocycles. The summed E-state index contributed by atoms with van der Waals surface area (Å²) in [5, 5.41) is 2.61. The Kier molecular flexibility index (Phi) is 3.45. The number of rotatable bonds is 2. The lowest BCUT2D eigenvalue weighted by atomic mass is 10.2. The number of carbonyl (C=O) groups excluding carboxylic acids is 1. The SMILES string of the molecule is O=C(Nc1ncccn1)c1ccc(I)cc1. The summed E-state index contributed by atoms with van der Waals surface area (Å²) in [6, 6.07) is 8.98. The second kappa shape index (κ2) is 5.02. The first-order valence-corrected chi connectivity index (χ1v) is 5.67. The van der Waals surface area contributed by atoms with Crippen LogP contribution in [0, 0.1) is 3.57 Å². The third-order valence-electron chi connectivity index (χ3n) is 1.90. The van der Waals surface area contributed by atoms with Crippen LogP contribution >= 0.6 is 22.6 Å². The van der Waals surface area contributed by atoms with Gasteiger partial charge in [0.05, 0.1) is 0 Å². The molecule has 0 unspecified atom stereocenters. The molecule has 80 valence electrons. The van der Waals surface area contributed by atoms with E-state index in [2.05, 4.69) is 37.9 Å². The molecule has 0 saturated heterocycles. The Labute approximate surface area is 106 Å². The third-order valence-corrected chi connectivity index (χ3v) is 2.62. The van der Waals surface area contributed by atoms with Gasteiger partial charge in [0, 0.05) is 21.5 Å². The number of carbonyl (C=O) groups is 1. The maximum absolute atomic E-state index is 11.7. The molecule has 2 aromatic rings. The first-order valence-electron chi connectivity index (χ1n) is 4.59. The Morgan fingerprint density at radius 2 is 1.75 bits per heavy atom. The van der Waals surface area contributed by atoms with Crippen LogP contribution < -0.4 is 5.32 Å². The Morgan fingerprint density at radius 3 is 2.38 bits per heavy atom. The fraction of sp³-hybridized carbons (Fsp3) is 0. The van der Waals surface area contributed by atoms with Crippen molar-refractivity contribution < 1.29 is 4.79 Å². The highest BCUT2D eigenvalue weighted by atomic mass is 127. The summed E-state index contributed by atoms with van der Waals surface area (Å²) in [4.78, 5) is 19.6. The van der Waals surface area contributed by atoms with Crippen molar-refractivity contribution in [1.82, 2.24) is 9.97 Å². The molecular weight excluding hydrogens is 317 g/mol. The molecule has 5 heteroatoms. The van der Waals surface area contributed by atoms with Crippen molar-refractivity contribution in [3.05, 3.63) is 51.9 Å². The van der Waals surface area contributed by atoms with E-state index >= 15 is 0 Å². The maximum atomic E-state index is 11.7. The van der Waals surface area contributed by atoms with E-state index in [0.717, 1.165) is 3.57 Å². The van der Waals surface area contributed by atoms with Gasteiger partial charge in [0.1, 0.15) is 0 Å². The Bertz CT molecular complexity index is 484. The van der Waals surface area contributed by atoms with Gasteiger partial charge in [-0.05, 0) is 52.9 Å². The minimum Gasteiger partial charge on any atom is -0.290 e. The first-order chi connectivity index (χ1) is 7.75. The fourth-order valence-electron chi connectivity index (χ4n) is 1.14. The molecule has 0 bridgehead atoms. The topological polar surface area (TPSA) is 54.9 Å². The quantitative estimate of drug-likeness (QED) is 0.863. The average molecular weight is 325 g/mol. The highest BCUT2D eigenvalue weighted by molar-refractivity contribution is 14.1. The summed E-state index contributed by atoms with van der Waals surface area (Å²) in [7, 11) is 0. The first kappa shape index (κ1) is 11.0. The van der Waals surface area contributed by atoms with Crippen molar-refractivity contribution in [2.45, 2.75) is 0 Å². The Morgan fingerprint density at radius 1 is 1.12 bits per heavy atom. The normalized spacial score (nSPS) is 9.81. The second-order valence-electron chi connectivity index (χ2n) is 3.03. The predicted molar refractivity (Wildman–Crippen MR) is 69.1 cm³/mol. The number of anilines is 1. The molecule has 16 heavy (non-hydrogen) atoms. The van der Waals surface area contributed by atoms with Crippen LogP contribution in [0.1, 0.15) is 10.4 Å². The predicted octanol–water partition coefficient (Wildman–Crippen LogP) is 2.33. The molecule has 4 nitrogen and oxygen atoms in total. The Balaban J connectivity index is 2.12. The van der Waals surface area contributed by atoms with Crippen molar-refractivity contribution in [1.29, 1.82) is 0 Å². The summed E-state index contributed by atoms with van der Waals surface area (Å²) in [6.07, 6.45) is 3.16. The minimum atomic E-state index is -0.206. The molecule has 1 N–H and O–H groups in total. The lowest BCUT2D eigenvalue weighted by Gasteiger charge is -2.02. The van der Waals surface area contributed by atoms with Gasteiger partial charge in [-0.3, -0.25) is 10.1 Å². The molecule has 1 aromatic heterocycles. The van der Waals surface area contributed by atoms with Crippen LogP contribution in [-0.4, -0.2) is 15.9 Å². The van der Waals surface area contributed by atoms with Crippen LogP contribution in [0.15, 0.2) is 42.7 Å². The number of nitrogens with zero attached hydrogens (tertiary/aromatic N) is 2. The average Bonchev–Trinajstić information content (AvgIpc) is 2.31. The van der Waals surface area contributed by atoms with Gasteiger partial charge in [-0.1, -0.05) is 0 Å². The molecule has 0 fully saturated rings. The van der Waals surface area contributed by atoms with Gasteiger partial charge in [0.2, 0.25) is 5.95 Å². The van der Waals surface area contributed by atoms with Gasteiger partial charge in [-0.25, -0.2) is 9.97 Å². The lowest BCUT2D eigenvalue weighted by molar-refractivity contribution is 0.102. The molecular formula is C11H8IN3O. The molecule has 0 saturated carbocycles. The van der Waals surface area contributed by atoms with E-state index < -0.39 is 0 Å². The maximum Gasteiger partial charge on any atom is 0.258 e. The van der Waals surface area contributed by atoms with Gasteiger partial charge in [-0.2, -0.15) is 0 Å². The monoisotopic (exact) mass is 325 g/mol. The fourth-order valence-corrected chi connectivity index (χ4v) is 1.50. The molecule has 0 atom stereocenters. The summed E-state index contributed by atoms with van der Waals surface area (Å²) >= 11 is 2.19. The van der Waals surface area contributed by atoms with Crippen LogP contribution in [0.3, 0.4) is 0 Å². The summed E-state index contributed by atoms with van der Waals surface area (Å²) in [5.41, 5.74) is 0.591. The molecule has 1 amide bonds. The van der Waals surface area contributed by atoms with Gasteiger partial charge in [-0.15, -0.1) is 0 Å². The standard InChI is InChI=1S/C11H8IN3O/c12-9-4-2-8(3-5-9)10(16)15-11-13-6-1-7-14-11/h1-7H,(H,13,14,15,16). The van der Waals surface area contributed by atoms with E-state index in [1.165, 1.54) is 0 Å². The van der Waals surface area contributed by atoms with E-state index in [1.807, 2.05) is 12.1 Å². The summed E-state index contributed by atoms with van der Waals surface area (Å²) in [5.74, 6) is 0.105. The number of halogens is 1. The van der Waals surface area contributed by atoms with Crippen molar-refractivity contribution in [3.8, 4) is 0 Å². The van der Waals surface area contributed by atoms with Crippen LogP contribution in [0.25, 0.3) is 0 Å². The molecule has 0 aliphatic carbocycles. The lowest BCUT2D eigenvalue weighted by Crippen LogP contribution is -2.13. The summed E-state index contributed by atoms with van der Waals surface area (Å²) in [6.45, 7) is 0. The third kappa shape index (κ3) is 2.75. The molecule has 0 aliphatic heterocycles. The van der Waals surface area contributed by atoms with Crippen LogP contribution in [0.2, 0.25) is 0 Å². The molecule has 0 spiro atoms. The number of amides is 1. The van der Waals surface area contributed by atoms with Crippen molar-refractivity contribution >= 4 is 34.4 Å². The largest absolute Gasteiger partial charge is 0.290 e. The molecule has 0 aliphatic rings. The van der Waals surface area contributed by atoms with Crippen LogP contribution in [0.4, 0.5) is 5.95 Å². The van der Waals surface area contributed by atoms with E-state index in [4.69, 9.17) is 0 Å². The van der Waals surface area contributed by atoms with E-state index in [-0.39, 0.29) is 5.91 Å².